The third kappa shape index (κ3) is 2.79. The number of hydrogen-bond donors (Lipinski definition) is 1. The van der Waals surface area contributed by atoms with Crippen LogP contribution in [0.5, 0.6) is 0 Å². The fraction of sp³-hybridized carbons (Fsp3) is 0.357. The van der Waals surface area contributed by atoms with E-state index in [0.29, 0.717) is 11.4 Å². The molecule has 3 rings (SSSR count). The summed E-state index contributed by atoms with van der Waals surface area (Å²) in [5, 5.41) is 8.74. The largest absolute Gasteiger partial charge is 0.306 e. The van der Waals surface area contributed by atoms with E-state index in [1.165, 1.54) is 6.42 Å². The van der Waals surface area contributed by atoms with Crippen LogP contribution in [0.3, 0.4) is 0 Å². The zero-order valence-electron chi connectivity index (χ0n) is 11.2. The van der Waals surface area contributed by atoms with E-state index in [4.69, 9.17) is 4.52 Å². The molecule has 1 aromatic heterocycles. The molecule has 0 radical (unpaired) electrons. The first-order valence-corrected chi connectivity index (χ1v) is 6.83. The normalized spacial score (nSPS) is 15.1. The zero-order valence-corrected chi connectivity index (χ0v) is 11.2. The lowest BCUT2D eigenvalue weighted by Crippen LogP contribution is -2.60. The van der Waals surface area contributed by atoms with Gasteiger partial charge in [-0.1, -0.05) is 18.2 Å². The molecule has 1 amide bonds. The fourth-order valence-electron chi connectivity index (χ4n) is 2.28. The van der Waals surface area contributed by atoms with Gasteiger partial charge in [0.05, 0.1) is 17.9 Å². The molecule has 1 aromatic carbocycles. The van der Waals surface area contributed by atoms with E-state index in [2.05, 4.69) is 15.6 Å². The third-order valence-electron chi connectivity index (χ3n) is 3.35. The quantitative estimate of drug-likeness (QED) is 0.857. The van der Waals surface area contributed by atoms with Crippen LogP contribution in [-0.2, 0) is 0 Å². The summed E-state index contributed by atoms with van der Waals surface area (Å²) in [6.07, 6.45) is 5.27. The van der Waals surface area contributed by atoms with Gasteiger partial charge < -0.3 is 0 Å². The molecular formula is C14H17N4O2+. The monoisotopic (exact) mass is 273 g/mol. The summed E-state index contributed by atoms with van der Waals surface area (Å²) in [5.74, 6) is 0.150. The minimum Gasteiger partial charge on any atom is -0.285 e. The molecule has 2 aromatic rings. The van der Waals surface area contributed by atoms with Gasteiger partial charge in [0.15, 0.2) is 0 Å². The second-order valence-electron chi connectivity index (χ2n) is 4.82. The number of rotatable bonds is 3. The summed E-state index contributed by atoms with van der Waals surface area (Å²) in [5.41, 5.74) is 0.591. The van der Waals surface area contributed by atoms with Gasteiger partial charge in [0.1, 0.15) is 0 Å². The Kier molecular flexibility index (Phi) is 3.62. The number of amides is 1. The zero-order chi connectivity index (χ0) is 13.8. The van der Waals surface area contributed by atoms with Gasteiger partial charge in [0.25, 0.3) is 12.1 Å². The van der Waals surface area contributed by atoms with Crippen molar-refractivity contribution >= 4 is 11.8 Å². The summed E-state index contributed by atoms with van der Waals surface area (Å²) in [6, 6.07) is 9.02. The molecule has 6 nitrogen and oxygen atoms in total. The maximum atomic E-state index is 12.0. The highest BCUT2D eigenvalue weighted by Crippen LogP contribution is 2.08. The first kappa shape index (κ1) is 12.7. The predicted molar refractivity (Wildman–Crippen MR) is 72.9 cm³/mol. The Labute approximate surface area is 116 Å². The van der Waals surface area contributed by atoms with Crippen LogP contribution < -0.4 is 15.1 Å². The highest BCUT2D eigenvalue weighted by molar-refractivity contribution is 6.03. The fourth-order valence-corrected chi connectivity index (χ4v) is 2.28. The first-order valence-electron chi connectivity index (χ1n) is 6.83. The Balaban J connectivity index is 1.66. The third-order valence-corrected chi connectivity index (χ3v) is 3.35. The van der Waals surface area contributed by atoms with Crippen molar-refractivity contribution in [1.82, 2.24) is 5.27 Å². The van der Waals surface area contributed by atoms with Crippen LogP contribution in [0.15, 0.2) is 41.1 Å². The van der Waals surface area contributed by atoms with E-state index in [-0.39, 0.29) is 5.91 Å². The van der Waals surface area contributed by atoms with Gasteiger partial charge in [0.2, 0.25) is 5.27 Å². The van der Waals surface area contributed by atoms with E-state index in [0.717, 1.165) is 25.9 Å². The van der Waals surface area contributed by atoms with E-state index in [9.17, 15) is 4.79 Å². The van der Waals surface area contributed by atoms with Gasteiger partial charge in [-0.25, -0.2) is 0 Å². The number of aromatic nitrogens is 2. The van der Waals surface area contributed by atoms with Crippen LogP contribution in [0.1, 0.15) is 29.6 Å². The van der Waals surface area contributed by atoms with Gasteiger partial charge in [-0.15, -0.1) is 0 Å². The molecule has 0 atom stereocenters. The van der Waals surface area contributed by atoms with Crippen molar-refractivity contribution in [2.75, 3.05) is 23.4 Å². The molecule has 0 bridgehead atoms. The van der Waals surface area contributed by atoms with Gasteiger partial charge in [-0.2, -0.15) is 5.01 Å². The maximum Gasteiger partial charge on any atom is 0.306 e. The molecule has 0 saturated carbocycles. The molecule has 1 aliphatic heterocycles. The number of piperidine rings is 1. The Hall–Kier alpha value is -2.37. The molecule has 0 aliphatic carbocycles. The van der Waals surface area contributed by atoms with Gasteiger partial charge >= 0.3 is 5.88 Å². The van der Waals surface area contributed by atoms with Gasteiger partial charge in [-0.05, 0) is 31.4 Å². The average molecular weight is 273 g/mol. The van der Waals surface area contributed by atoms with Crippen molar-refractivity contribution in [2.45, 2.75) is 19.3 Å². The minimum atomic E-state index is -0.201. The Morgan fingerprint density at radius 1 is 1.20 bits per heavy atom. The number of benzene rings is 1. The highest BCUT2D eigenvalue weighted by atomic mass is 16.5. The summed E-state index contributed by atoms with van der Waals surface area (Å²) in [6.45, 7) is 1.92. The van der Waals surface area contributed by atoms with Crippen LogP contribution >= 0.6 is 0 Å². The number of anilines is 1. The van der Waals surface area contributed by atoms with Crippen molar-refractivity contribution in [3.63, 3.8) is 0 Å². The number of nitrogens with zero attached hydrogens (tertiary/aromatic N) is 3. The highest BCUT2D eigenvalue weighted by Gasteiger charge is 2.23. The molecule has 0 spiro atoms. The van der Waals surface area contributed by atoms with E-state index < -0.39 is 0 Å². The number of carbonyl (C=O) groups excluding carboxylic acids is 1. The topological polar surface area (TPSA) is 62.3 Å². The lowest BCUT2D eigenvalue weighted by atomic mass is 10.2. The van der Waals surface area contributed by atoms with Crippen LogP contribution in [0.25, 0.3) is 0 Å². The van der Waals surface area contributed by atoms with Crippen molar-refractivity contribution in [3.05, 3.63) is 42.1 Å². The number of carbonyl (C=O) groups is 1. The summed E-state index contributed by atoms with van der Waals surface area (Å²) < 4.78 is 5.15. The van der Waals surface area contributed by atoms with Crippen molar-refractivity contribution in [1.29, 1.82) is 0 Å². The molecule has 1 aliphatic rings. The summed E-state index contributed by atoms with van der Waals surface area (Å²) in [7, 11) is 0. The maximum absolute atomic E-state index is 12.0. The van der Waals surface area contributed by atoms with Crippen molar-refractivity contribution in [2.24, 2.45) is 0 Å². The minimum absolute atomic E-state index is 0.201. The second-order valence-corrected chi connectivity index (χ2v) is 4.82. The van der Waals surface area contributed by atoms with Crippen LogP contribution in [0, 0.1) is 0 Å². The predicted octanol–water partition coefficient (Wildman–Crippen LogP) is 1.34. The number of nitrogens with one attached hydrogen (secondary N) is 1. The molecule has 1 fully saturated rings. The Morgan fingerprint density at radius 2 is 1.95 bits per heavy atom. The summed E-state index contributed by atoms with van der Waals surface area (Å²) in [4.78, 5) is 13.6. The first-order chi connectivity index (χ1) is 9.83. The average Bonchev–Trinajstić information content (AvgIpc) is 2.97. The number of hydrogen-bond acceptors (Lipinski definition) is 4. The molecule has 6 heteroatoms. The standard InChI is InChI=1S/C14H16N4O2/c19-14(12-7-3-1-4-8-12)15-13-11-18(16-20-13)17-9-5-2-6-10-17/h1,3-4,7-8,11H,2,5-6,9-10H2/p+1. The molecule has 2 heterocycles. The molecular weight excluding hydrogens is 256 g/mol. The lowest BCUT2D eigenvalue weighted by molar-refractivity contribution is -0.759. The SMILES string of the molecule is O=C(Nc1c[n+](N2CCCCC2)no1)c1ccccc1. The van der Waals surface area contributed by atoms with Crippen LogP contribution in [-0.4, -0.2) is 24.3 Å². The molecule has 1 N–H and O–H groups in total. The van der Waals surface area contributed by atoms with E-state index in [1.54, 1.807) is 23.1 Å². The van der Waals surface area contributed by atoms with Crippen LogP contribution in [0.2, 0.25) is 0 Å². The van der Waals surface area contributed by atoms with E-state index in [1.807, 2.05) is 18.2 Å². The summed E-state index contributed by atoms with van der Waals surface area (Å²) >= 11 is 0. The van der Waals surface area contributed by atoms with Crippen LogP contribution in [0.4, 0.5) is 5.88 Å². The van der Waals surface area contributed by atoms with Gasteiger partial charge in [0, 0.05) is 5.56 Å². The van der Waals surface area contributed by atoms with Crippen molar-refractivity contribution < 1.29 is 14.1 Å². The molecule has 0 unspecified atom stereocenters. The van der Waals surface area contributed by atoms with E-state index >= 15 is 0 Å². The lowest BCUT2D eigenvalue weighted by Gasteiger charge is -2.17. The molecule has 104 valence electrons. The molecule has 1 saturated heterocycles. The Bertz CT molecular complexity index is 576. The van der Waals surface area contributed by atoms with Gasteiger partial charge in [-0.3, -0.25) is 14.6 Å². The van der Waals surface area contributed by atoms with Crippen molar-refractivity contribution in [3.8, 4) is 0 Å². The molecule has 20 heavy (non-hydrogen) atoms. The Morgan fingerprint density at radius 3 is 2.70 bits per heavy atom. The second kappa shape index (κ2) is 5.73. The smallest absolute Gasteiger partial charge is 0.285 e.